The highest BCUT2D eigenvalue weighted by molar-refractivity contribution is 7.98. The third kappa shape index (κ3) is 3.66. The molecule has 0 fully saturated rings. The van der Waals surface area contributed by atoms with Crippen LogP contribution < -0.4 is 5.56 Å². The van der Waals surface area contributed by atoms with Gasteiger partial charge in [0.05, 0.1) is 5.39 Å². The first-order chi connectivity index (χ1) is 13.7. The zero-order valence-corrected chi connectivity index (χ0v) is 16.6. The summed E-state index contributed by atoms with van der Waals surface area (Å²) in [5.41, 5.74) is 2.82. The number of aromatic nitrogens is 2. The molecule has 0 saturated heterocycles. The first-order valence-electron chi connectivity index (χ1n) is 8.73. The van der Waals surface area contributed by atoms with Crippen LogP contribution in [0.5, 0.6) is 0 Å². The number of hydrogen-bond donors (Lipinski definition) is 0. The average molecular weight is 409 g/mol. The molecule has 140 valence electrons. The van der Waals surface area contributed by atoms with E-state index >= 15 is 0 Å². The summed E-state index contributed by atoms with van der Waals surface area (Å²) in [4.78, 5) is 18.8. The van der Waals surface area contributed by atoms with Crippen LogP contribution in [-0.4, -0.2) is 9.55 Å². The second-order valence-corrected chi connectivity index (χ2v) is 8.01. The van der Waals surface area contributed by atoms with Crippen LogP contribution in [0.2, 0.25) is 0 Å². The van der Waals surface area contributed by atoms with E-state index in [-0.39, 0.29) is 11.4 Å². The lowest BCUT2D eigenvalue weighted by Crippen LogP contribution is -2.22. The molecule has 0 saturated carbocycles. The van der Waals surface area contributed by atoms with Crippen molar-refractivity contribution in [3.05, 3.63) is 94.4 Å². The monoisotopic (exact) mass is 408 g/mol. The number of halogens is 1. The van der Waals surface area contributed by atoms with Crippen LogP contribution in [0.3, 0.4) is 0 Å². The lowest BCUT2D eigenvalue weighted by atomic mass is 10.1. The Balaban J connectivity index is 1.77. The Labute approximate surface area is 170 Å². The highest BCUT2D eigenvalue weighted by Gasteiger charge is 2.17. The number of nitrogens with zero attached hydrogens (tertiary/aromatic N) is 2. The third-order valence-electron chi connectivity index (χ3n) is 4.34. The maximum absolute atomic E-state index is 13.3. The average Bonchev–Trinajstić information content (AvgIpc) is 3.15. The smallest absolute Gasteiger partial charge is 0.263 e. The van der Waals surface area contributed by atoms with Gasteiger partial charge in [0, 0.05) is 23.2 Å². The summed E-state index contributed by atoms with van der Waals surface area (Å²) in [6.07, 6.45) is 1.70. The molecule has 2 heterocycles. The lowest BCUT2D eigenvalue weighted by Gasteiger charge is -2.11. The minimum Gasteiger partial charge on any atom is -0.283 e. The quantitative estimate of drug-likeness (QED) is 0.232. The minimum absolute atomic E-state index is 0.0633. The summed E-state index contributed by atoms with van der Waals surface area (Å²) in [5.74, 6) is 0.343. The molecule has 28 heavy (non-hydrogen) atoms. The molecule has 4 rings (SSSR count). The van der Waals surface area contributed by atoms with Gasteiger partial charge >= 0.3 is 0 Å². The standard InChI is InChI=1S/C22H17FN2OS2/c1-2-12-25-21(26)19-18(16-6-4-3-5-7-16)14-27-20(19)24-22(25)28-13-15-8-10-17(23)11-9-15/h2-11,14H,1,12-13H2. The van der Waals surface area contributed by atoms with Crippen molar-refractivity contribution in [3.63, 3.8) is 0 Å². The molecule has 0 bridgehead atoms. The molecule has 2 aromatic carbocycles. The van der Waals surface area contributed by atoms with E-state index in [1.54, 1.807) is 22.8 Å². The van der Waals surface area contributed by atoms with Gasteiger partial charge in [0.1, 0.15) is 10.6 Å². The summed E-state index contributed by atoms with van der Waals surface area (Å²) < 4.78 is 14.8. The van der Waals surface area contributed by atoms with Gasteiger partial charge in [0.25, 0.3) is 5.56 Å². The Morgan fingerprint density at radius 1 is 1.14 bits per heavy atom. The van der Waals surface area contributed by atoms with Crippen molar-refractivity contribution in [2.75, 3.05) is 0 Å². The molecular formula is C22H17FN2OS2. The molecule has 0 radical (unpaired) electrons. The van der Waals surface area contributed by atoms with Crippen molar-refractivity contribution < 1.29 is 4.39 Å². The van der Waals surface area contributed by atoms with E-state index < -0.39 is 0 Å². The number of fused-ring (bicyclic) bond motifs is 1. The fourth-order valence-corrected chi connectivity index (χ4v) is 4.92. The maximum atomic E-state index is 13.3. The van der Waals surface area contributed by atoms with E-state index in [1.807, 2.05) is 35.7 Å². The highest BCUT2D eigenvalue weighted by Crippen LogP contribution is 2.32. The van der Waals surface area contributed by atoms with Gasteiger partial charge in [-0.1, -0.05) is 60.3 Å². The van der Waals surface area contributed by atoms with Gasteiger partial charge in [0.15, 0.2) is 5.16 Å². The molecule has 2 aromatic heterocycles. The summed E-state index contributed by atoms with van der Waals surface area (Å²) in [6, 6.07) is 16.2. The number of benzene rings is 2. The van der Waals surface area contributed by atoms with Crippen molar-refractivity contribution in [2.24, 2.45) is 0 Å². The largest absolute Gasteiger partial charge is 0.283 e. The normalized spacial score (nSPS) is 11.0. The summed E-state index contributed by atoms with van der Waals surface area (Å²) in [5, 5.41) is 3.27. The first-order valence-corrected chi connectivity index (χ1v) is 10.6. The zero-order valence-electron chi connectivity index (χ0n) is 15.0. The number of thiophene rings is 1. The SMILES string of the molecule is C=CCn1c(SCc2ccc(F)cc2)nc2scc(-c3ccccc3)c2c1=O. The Kier molecular flexibility index (Phi) is 5.41. The zero-order chi connectivity index (χ0) is 19.5. The summed E-state index contributed by atoms with van der Waals surface area (Å²) in [6.45, 7) is 4.17. The van der Waals surface area contributed by atoms with Gasteiger partial charge in [0.2, 0.25) is 0 Å². The Morgan fingerprint density at radius 3 is 2.61 bits per heavy atom. The molecule has 0 spiro atoms. The van der Waals surface area contributed by atoms with Crippen LogP contribution in [0.1, 0.15) is 5.56 Å². The molecule has 0 aliphatic rings. The molecule has 0 aliphatic carbocycles. The van der Waals surface area contributed by atoms with Crippen molar-refractivity contribution in [1.82, 2.24) is 9.55 Å². The molecule has 0 unspecified atom stereocenters. The van der Waals surface area contributed by atoms with Crippen molar-refractivity contribution in [3.8, 4) is 11.1 Å². The van der Waals surface area contributed by atoms with Gasteiger partial charge in [-0.3, -0.25) is 9.36 Å². The van der Waals surface area contributed by atoms with Crippen molar-refractivity contribution in [2.45, 2.75) is 17.5 Å². The number of thioether (sulfide) groups is 1. The molecule has 0 amide bonds. The van der Waals surface area contributed by atoms with Crippen LogP contribution in [0, 0.1) is 5.82 Å². The van der Waals surface area contributed by atoms with Crippen LogP contribution in [-0.2, 0) is 12.3 Å². The predicted octanol–water partition coefficient (Wildman–Crippen LogP) is 5.74. The molecule has 0 atom stereocenters. The summed E-state index contributed by atoms with van der Waals surface area (Å²) in [7, 11) is 0. The fraction of sp³-hybridized carbons (Fsp3) is 0.0909. The molecular weight excluding hydrogens is 391 g/mol. The second kappa shape index (κ2) is 8.12. The fourth-order valence-electron chi connectivity index (χ4n) is 2.96. The predicted molar refractivity (Wildman–Crippen MR) is 115 cm³/mol. The third-order valence-corrected chi connectivity index (χ3v) is 6.26. The minimum atomic E-state index is -0.260. The van der Waals surface area contributed by atoms with E-state index in [2.05, 4.69) is 6.58 Å². The van der Waals surface area contributed by atoms with E-state index in [9.17, 15) is 9.18 Å². The molecule has 3 nitrogen and oxygen atoms in total. The van der Waals surface area contributed by atoms with Crippen LogP contribution in [0.4, 0.5) is 4.39 Å². The topological polar surface area (TPSA) is 34.9 Å². The van der Waals surface area contributed by atoms with Gasteiger partial charge in [-0.15, -0.1) is 17.9 Å². The van der Waals surface area contributed by atoms with E-state index in [0.29, 0.717) is 22.8 Å². The number of hydrogen-bond acceptors (Lipinski definition) is 4. The number of rotatable bonds is 6. The molecule has 4 aromatic rings. The van der Waals surface area contributed by atoms with Crippen LogP contribution in [0.15, 0.2) is 82.6 Å². The maximum Gasteiger partial charge on any atom is 0.263 e. The highest BCUT2D eigenvalue weighted by atomic mass is 32.2. The molecule has 6 heteroatoms. The van der Waals surface area contributed by atoms with Gasteiger partial charge in [-0.05, 0) is 23.3 Å². The van der Waals surface area contributed by atoms with E-state index in [4.69, 9.17) is 4.98 Å². The van der Waals surface area contributed by atoms with Crippen LogP contribution in [0.25, 0.3) is 21.3 Å². The number of allylic oxidation sites excluding steroid dienone is 1. The lowest BCUT2D eigenvalue weighted by molar-refractivity contribution is 0.627. The molecule has 0 N–H and O–H groups in total. The summed E-state index contributed by atoms with van der Waals surface area (Å²) >= 11 is 2.94. The van der Waals surface area contributed by atoms with Gasteiger partial charge in [-0.25, -0.2) is 9.37 Å². The molecule has 0 aliphatic heterocycles. The Morgan fingerprint density at radius 2 is 1.89 bits per heavy atom. The van der Waals surface area contributed by atoms with Gasteiger partial charge < -0.3 is 0 Å². The Hall–Kier alpha value is -2.70. The Bertz CT molecular complexity index is 1180. The van der Waals surface area contributed by atoms with E-state index in [0.717, 1.165) is 21.5 Å². The van der Waals surface area contributed by atoms with Crippen molar-refractivity contribution in [1.29, 1.82) is 0 Å². The van der Waals surface area contributed by atoms with Crippen molar-refractivity contribution >= 4 is 33.3 Å². The first kappa shape index (κ1) is 18.7. The van der Waals surface area contributed by atoms with Gasteiger partial charge in [-0.2, -0.15) is 0 Å². The van der Waals surface area contributed by atoms with E-state index in [1.165, 1.54) is 35.2 Å². The van der Waals surface area contributed by atoms with Crippen LogP contribution >= 0.6 is 23.1 Å². The second-order valence-electron chi connectivity index (χ2n) is 6.21.